The Balaban J connectivity index is 1.83. The summed E-state index contributed by atoms with van der Waals surface area (Å²) in [6, 6.07) is 4.29. The highest BCUT2D eigenvalue weighted by molar-refractivity contribution is 5.92. The van der Waals surface area contributed by atoms with Crippen molar-refractivity contribution in [1.82, 2.24) is 10.2 Å². The van der Waals surface area contributed by atoms with Crippen LogP contribution in [0.2, 0.25) is 0 Å². The number of benzene rings is 1. The van der Waals surface area contributed by atoms with Crippen molar-refractivity contribution in [3.8, 4) is 0 Å². The van der Waals surface area contributed by atoms with Crippen molar-refractivity contribution in [2.75, 3.05) is 33.3 Å². The van der Waals surface area contributed by atoms with Crippen LogP contribution in [0.3, 0.4) is 0 Å². The number of morpholine rings is 1. The maximum Gasteiger partial charge on any atom is 0.248 e. The third kappa shape index (κ3) is 4.00. The first-order chi connectivity index (χ1) is 9.56. The van der Waals surface area contributed by atoms with Crippen LogP contribution in [0.5, 0.6) is 0 Å². The second-order valence-corrected chi connectivity index (χ2v) is 5.06. The highest BCUT2D eigenvalue weighted by atomic mass is 19.1. The topological polar surface area (TPSA) is 67.6 Å². The lowest BCUT2D eigenvalue weighted by Crippen LogP contribution is -2.44. The van der Waals surface area contributed by atoms with Crippen molar-refractivity contribution in [2.24, 2.45) is 5.73 Å². The number of amides is 1. The number of hydrogen-bond donors (Lipinski definition) is 2. The number of nitrogens with one attached hydrogen (secondary N) is 1. The number of hydrogen-bond acceptors (Lipinski definition) is 4. The van der Waals surface area contributed by atoms with Crippen LogP contribution in [0.1, 0.15) is 15.9 Å². The molecule has 0 radical (unpaired) electrons. The second-order valence-electron chi connectivity index (χ2n) is 5.06. The van der Waals surface area contributed by atoms with E-state index in [0.29, 0.717) is 18.7 Å². The van der Waals surface area contributed by atoms with Gasteiger partial charge in [-0.1, -0.05) is 6.07 Å². The van der Waals surface area contributed by atoms with Gasteiger partial charge >= 0.3 is 0 Å². The van der Waals surface area contributed by atoms with Crippen LogP contribution in [0.25, 0.3) is 0 Å². The first-order valence-electron chi connectivity index (χ1n) is 6.65. The van der Waals surface area contributed by atoms with Crippen molar-refractivity contribution in [3.05, 3.63) is 35.1 Å². The quantitative estimate of drug-likeness (QED) is 0.817. The molecule has 1 unspecified atom stereocenters. The second kappa shape index (κ2) is 6.78. The van der Waals surface area contributed by atoms with Gasteiger partial charge in [0.15, 0.2) is 0 Å². The van der Waals surface area contributed by atoms with Crippen molar-refractivity contribution in [3.63, 3.8) is 0 Å². The number of likely N-dealkylation sites (N-methyl/N-ethyl adjacent to an activating group) is 1. The maximum atomic E-state index is 13.8. The first kappa shape index (κ1) is 14.9. The molecule has 0 bridgehead atoms. The number of carbonyl (C=O) groups is 1. The minimum atomic E-state index is -0.623. The van der Waals surface area contributed by atoms with E-state index < -0.39 is 11.7 Å². The van der Waals surface area contributed by atoms with E-state index in [0.717, 1.165) is 19.7 Å². The number of ether oxygens (including phenoxy) is 1. The van der Waals surface area contributed by atoms with E-state index in [2.05, 4.69) is 17.3 Å². The molecule has 1 aliphatic heterocycles. The average molecular weight is 281 g/mol. The molecule has 0 spiro atoms. The molecule has 2 rings (SSSR count). The lowest BCUT2D eigenvalue weighted by atomic mass is 10.1. The Morgan fingerprint density at radius 2 is 2.40 bits per heavy atom. The summed E-state index contributed by atoms with van der Waals surface area (Å²) in [4.78, 5) is 13.1. The Hall–Kier alpha value is -1.50. The molecule has 3 N–H and O–H groups in total. The highest BCUT2D eigenvalue weighted by Gasteiger charge is 2.17. The van der Waals surface area contributed by atoms with E-state index >= 15 is 0 Å². The zero-order valence-electron chi connectivity index (χ0n) is 11.6. The molecule has 20 heavy (non-hydrogen) atoms. The van der Waals surface area contributed by atoms with Crippen molar-refractivity contribution in [1.29, 1.82) is 0 Å². The predicted molar refractivity (Wildman–Crippen MR) is 73.9 cm³/mol. The number of halogens is 1. The SMILES string of the molecule is CN1CCOC(CNCc2ccc(C(N)=O)cc2F)C1. The van der Waals surface area contributed by atoms with Gasteiger partial charge in [-0.15, -0.1) is 0 Å². The Kier molecular flexibility index (Phi) is 5.05. The van der Waals surface area contributed by atoms with Gasteiger partial charge in [0, 0.05) is 37.3 Å². The number of carbonyl (C=O) groups excluding carboxylic acids is 1. The fraction of sp³-hybridized carbons (Fsp3) is 0.500. The van der Waals surface area contributed by atoms with Gasteiger partial charge in [0.1, 0.15) is 5.82 Å². The third-order valence-corrected chi connectivity index (χ3v) is 3.37. The lowest BCUT2D eigenvalue weighted by molar-refractivity contribution is -0.0182. The van der Waals surface area contributed by atoms with Gasteiger partial charge in [-0.25, -0.2) is 4.39 Å². The summed E-state index contributed by atoms with van der Waals surface area (Å²) in [5.41, 5.74) is 5.80. The normalized spacial score (nSPS) is 20.0. The van der Waals surface area contributed by atoms with E-state index in [9.17, 15) is 9.18 Å². The van der Waals surface area contributed by atoms with E-state index in [1.54, 1.807) is 6.07 Å². The van der Waals surface area contributed by atoms with Crippen LogP contribution in [0, 0.1) is 5.82 Å². The molecule has 5 nitrogen and oxygen atoms in total. The Morgan fingerprint density at radius 1 is 1.60 bits per heavy atom. The summed E-state index contributed by atoms with van der Waals surface area (Å²) in [6.45, 7) is 3.61. The molecule has 1 heterocycles. The standard InChI is InChI=1S/C14H20FN3O2/c1-18-4-5-20-12(9-18)8-17-7-11-3-2-10(14(16)19)6-13(11)15/h2-3,6,12,17H,4-5,7-9H2,1H3,(H2,16,19). The Labute approximate surface area is 117 Å². The summed E-state index contributed by atoms with van der Waals surface area (Å²) in [6.07, 6.45) is 0.127. The largest absolute Gasteiger partial charge is 0.374 e. The van der Waals surface area contributed by atoms with Gasteiger partial charge < -0.3 is 20.7 Å². The van der Waals surface area contributed by atoms with E-state index in [-0.39, 0.29) is 11.7 Å². The van der Waals surface area contributed by atoms with Gasteiger partial charge in [0.2, 0.25) is 5.91 Å². The summed E-state index contributed by atoms with van der Waals surface area (Å²) in [7, 11) is 2.05. The summed E-state index contributed by atoms with van der Waals surface area (Å²) in [5.74, 6) is -1.04. The van der Waals surface area contributed by atoms with Gasteiger partial charge in [-0.3, -0.25) is 4.79 Å². The molecular weight excluding hydrogens is 261 g/mol. The molecule has 0 aromatic heterocycles. The summed E-state index contributed by atoms with van der Waals surface area (Å²) in [5, 5.41) is 3.17. The maximum absolute atomic E-state index is 13.8. The van der Waals surface area contributed by atoms with E-state index in [4.69, 9.17) is 10.5 Å². The molecule has 1 amide bonds. The number of rotatable bonds is 5. The fourth-order valence-electron chi connectivity index (χ4n) is 2.20. The molecule has 1 saturated heterocycles. The summed E-state index contributed by atoms with van der Waals surface area (Å²) >= 11 is 0. The lowest BCUT2D eigenvalue weighted by Gasteiger charge is -2.30. The fourth-order valence-corrected chi connectivity index (χ4v) is 2.20. The zero-order chi connectivity index (χ0) is 14.5. The minimum Gasteiger partial charge on any atom is -0.374 e. The molecule has 0 aliphatic carbocycles. The van der Waals surface area contributed by atoms with E-state index in [1.165, 1.54) is 12.1 Å². The van der Waals surface area contributed by atoms with Crippen molar-refractivity contribution >= 4 is 5.91 Å². The van der Waals surface area contributed by atoms with Crippen LogP contribution < -0.4 is 11.1 Å². The zero-order valence-corrected chi connectivity index (χ0v) is 11.6. The molecule has 1 aliphatic rings. The van der Waals surface area contributed by atoms with Crippen LogP contribution in [-0.2, 0) is 11.3 Å². The predicted octanol–water partition coefficient (Wildman–Crippen LogP) is 0.345. The van der Waals surface area contributed by atoms with Crippen LogP contribution in [0.15, 0.2) is 18.2 Å². The smallest absolute Gasteiger partial charge is 0.248 e. The Bertz CT molecular complexity index is 481. The van der Waals surface area contributed by atoms with Gasteiger partial charge in [-0.2, -0.15) is 0 Å². The van der Waals surface area contributed by atoms with E-state index in [1.807, 2.05) is 0 Å². The van der Waals surface area contributed by atoms with Gasteiger partial charge in [0.05, 0.1) is 12.7 Å². The number of nitrogens with zero attached hydrogens (tertiary/aromatic N) is 1. The third-order valence-electron chi connectivity index (χ3n) is 3.37. The molecule has 6 heteroatoms. The molecule has 1 aromatic rings. The van der Waals surface area contributed by atoms with Gasteiger partial charge in [0.25, 0.3) is 0 Å². The molecule has 0 saturated carbocycles. The Morgan fingerprint density at radius 3 is 3.05 bits per heavy atom. The van der Waals surface area contributed by atoms with Gasteiger partial charge in [-0.05, 0) is 19.2 Å². The number of nitrogens with two attached hydrogens (primary N) is 1. The molecule has 1 atom stereocenters. The van der Waals surface area contributed by atoms with Crippen LogP contribution >= 0.6 is 0 Å². The molecule has 110 valence electrons. The number of primary amides is 1. The summed E-state index contributed by atoms with van der Waals surface area (Å²) < 4.78 is 19.4. The monoisotopic (exact) mass is 281 g/mol. The average Bonchev–Trinajstić information content (AvgIpc) is 2.40. The minimum absolute atomic E-state index is 0.127. The molecular formula is C14H20FN3O2. The van der Waals surface area contributed by atoms with Crippen LogP contribution in [0.4, 0.5) is 4.39 Å². The van der Waals surface area contributed by atoms with Crippen molar-refractivity contribution in [2.45, 2.75) is 12.6 Å². The highest BCUT2D eigenvalue weighted by Crippen LogP contribution is 2.10. The van der Waals surface area contributed by atoms with Crippen LogP contribution in [-0.4, -0.2) is 50.2 Å². The molecule has 1 aromatic carbocycles. The van der Waals surface area contributed by atoms with Crippen molar-refractivity contribution < 1.29 is 13.9 Å². The first-order valence-corrected chi connectivity index (χ1v) is 6.65. The molecule has 1 fully saturated rings.